The first kappa shape index (κ1) is 8.14. The van der Waals surface area contributed by atoms with E-state index in [4.69, 9.17) is 4.74 Å². The first-order valence-corrected chi connectivity index (χ1v) is 5.11. The molecule has 0 amide bonds. The minimum absolute atomic E-state index is 0.265. The third kappa shape index (κ3) is 1.37. The van der Waals surface area contributed by atoms with Crippen LogP contribution in [0.2, 0.25) is 0 Å². The summed E-state index contributed by atoms with van der Waals surface area (Å²) in [6.45, 7) is 4.23. The Labute approximate surface area is 77.1 Å². The molecule has 2 heteroatoms. The molecule has 64 valence electrons. The molecular weight excluding hydrogens is 168 g/mol. The van der Waals surface area contributed by atoms with Gasteiger partial charge in [0.15, 0.2) is 0 Å². The Bertz CT molecular complexity index is 296. The first-order valence-electron chi connectivity index (χ1n) is 4.12. The summed E-state index contributed by atoms with van der Waals surface area (Å²) in [5.41, 5.74) is 2.65. The summed E-state index contributed by atoms with van der Waals surface area (Å²) in [4.78, 5) is 1.37. The molecule has 1 heterocycles. The molecule has 1 atom stereocenters. The lowest BCUT2D eigenvalue weighted by Gasteiger charge is -2.22. The molecule has 0 spiro atoms. The summed E-state index contributed by atoms with van der Waals surface area (Å²) in [7, 11) is 0. The summed E-state index contributed by atoms with van der Waals surface area (Å²) in [6, 6.07) is 6.56. The van der Waals surface area contributed by atoms with Crippen LogP contribution in [0, 0.1) is 6.92 Å². The lowest BCUT2D eigenvalue weighted by atomic mass is 10.1. The number of aryl methyl sites for hydroxylation is 1. The topological polar surface area (TPSA) is 9.23 Å². The van der Waals surface area contributed by atoms with Crippen molar-refractivity contribution in [3.63, 3.8) is 0 Å². The van der Waals surface area contributed by atoms with E-state index in [0.717, 1.165) is 5.94 Å². The Kier molecular flexibility index (Phi) is 2.11. The highest BCUT2D eigenvalue weighted by molar-refractivity contribution is 7.99. The monoisotopic (exact) mass is 180 g/mol. The van der Waals surface area contributed by atoms with Crippen LogP contribution in [0.1, 0.15) is 24.2 Å². The molecule has 1 aromatic carbocycles. The van der Waals surface area contributed by atoms with Gasteiger partial charge in [-0.3, -0.25) is 0 Å². The van der Waals surface area contributed by atoms with E-state index in [1.165, 1.54) is 16.0 Å². The van der Waals surface area contributed by atoms with Crippen LogP contribution in [-0.2, 0) is 4.74 Å². The second kappa shape index (κ2) is 3.11. The third-order valence-electron chi connectivity index (χ3n) is 2.14. The standard InChI is InChI=1S/C10H12OS/c1-7-3-4-10-9(5-7)8(2)11-6-12-10/h3-5,8H,6H2,1-2H3. The van der Waals surface area contributed by atoms with Gasteiger partial charge in [0.1, 0.15) is 0 Å². The zero-order chi connectivity index (χ0) is 8.55. The second-order valence-corrected chi connectivity index (χ2v) is 4.08. The minimum Gasteiger partial charge on any atom is -0.363 e. The smallest absolute Gasteiger partial charge is 0.0975 e. The minimum atomic E-state index is 0.265. The molecule has 0 N–H and O–H groups in total. The fourth-order valence-corrected chi connectivity index (χ4v) is 2.36. The van der Waals surface area contributed by atoms with E-state index in [1.807, 2.05) is 0 Å². The van der Waals surface area contributed by atoms with Gasteiger partial charge < -0.3 is 4.74 Å². The van der Waals surface area contributed by atoms with Gasteiger partial charge in [0.05, 0.1) is 12.0 Å². The van der Waals surface area contributed by atoms with Gasteiger partial charge in [-0.2, -0.15) is 0 Å². The summed E-state index contributed by atoms with van der Waals surface area (Å²) in [5.74, 6) is 0.789. The molecule has 1 aliphatic rings. The number of ether oxygens (including phenoxy) is 1. The molecule has 0 bridgehead atoms. The summed E-state index contributed by atoms with van der Waals surface area (Å²) < 4.78 is 5.52. The van der Waals surface area contributed by atoms with Crippen LogP contribution in [0.4, 0.5) is 0 Å². The number of hydrogen-bond donors (Lipinski definition) is 0. The van der Waals surface area contributed by atoms with Gasteiger partial charge in [-0.05, 0) is 25.5 Å². The van der Waals surface area contributed by atoms with Crippen LogP contribution in [-0.4, -0.2) is 5.94 Å². The van der Waals surface area contributed by atoms with Crippen molar-refractivity contribution in [2.24, 2.45) is 0 Å². The highest BCUT2D eigenvalue weighted by atomic mass is 32.2. The van der Waals surface area contributed by atoms with Crippen molar-refractivity contribution in [2.75, 3.05) is 5.94 Å². The van der Waals surface area contributed by atoms with Gasteiger partial charge >= 0.3 is 0 Å². The molecule has 0 aromatic heterocycles. The van der Waals surface area contributed by atoms with Crippen molar-refractivity contribution in [3.8, 4) is 0 Å². The zero-order valence-electron chi connectivity index (χ0n) is 7.33. The Balaban J connectivity index is 2.47. The number of hydrogen-bond acceptors (Lipinski definition) is 2. The second-order valence-electron chi connectivity index (χ2n) is 3.11. The average Bonchev–Trinajstić information content (AvgIpc) is 2.07. The normalized spacial score (nSPS) is 22.0. The maximum atomic E-state index is 5.52. The van der Waals surface area contributed by atoms with Crippen molar-refractivity contribution >= 4 is 11.8 Å². The molecule has 1 aliphatic heterocycles. The molecular formula is C10H12OS. The van der Waals surface area contributed by atoms with Gasteiger partial charge in [-0.1, -0.05) is 29.5 Å². The fraction of sp³-hybridized carbons (Fsp3) is 0.400. The Morgan fingerprint density at radius 2 is 2.33 bits per heavy atom. The van der Waals surface area contributed by atoms with Crippen molar-refractivity contribution < 1.29 is 4.74 Å². The van der Waals surface area contributed by atoms with E-state index in [9.17, 15) is 0 Å². The molecule has 12 heavy (non-hydrogen) atoms. The van der Waals surface area contributed by atoms with Gasteiger partial charge in [0.25, 0.3) is 0 Å². The average molecular weight is 180 g/mol. The third-order valence-corrected chi connectivity index (χ3v) is 3.07. The molecule has 0 radical (unpaired) electrons. The molecule has 0 saturated heterocycles. The predicted octanol–water partition coefficient (Wildman–Crippen LogP) is 3.14. The number of benzene rings is 1. The summed E-state index contributed by atoms with van der Waals surface area (Å²) >= 11 is 1.78. The van der Waals surface area contributed by atoms with Crippen molar-refractivity contribution in [1.29, 1.82) is 0 Å². The van der Waals surface area contributed by atoms with Gasteiger partial charge in [-0.15, -0.1) is 0 Å². The van der Waals surface area contributed by atoms with Crippen LogP contribution in [0.25, 0.3) is 0 Å². The van der Waals surface area contributed by atoms with Gasteiger partial charge in [-0.25, -0.2) is 0 Å². The predicted molar refractivity (Wildman–Crippen MR) is 51.4 cm³/mol. The molecule has 2 rings (SSSR count). The Morgan fingerprint density at radius 3 is 3.17 bits per heavy atom. The van der Waals surface area contributed by atoms with E-state index in [1.54, 1.807) is 11.8 Å². The van der Waals surface area contributed by atoms with E-state index in [0.29, 0.717) is 0 Å². The number of fused-ring (bicyclic) bond motifs is 1. The van der Waals surface area contributed by atoms with E-state index in [2.05, 4.69) is 32.0 Å². The first-order chi connectivity index (χ1) is 5.77. The molecule has 1 nitrogen and oxygen atoms in total. The lowest BCUT2D eigenvalue weighted by Crippen LogP contribution is -2.06. The van der Waals surface area contributed by atoms with Crippen LogP contribution in [0.15, 0.2) is 23.1 Å². The molecule has 0 aliphatic carbocycles. The highest BCUT2D eigenvalue weighted by Crippen LogP contribution is 2.35. The van der Waals surface area contributed by atoms with Gasteiger partial charge in [0, 0.05) is 4.90 Å². The van der Waals surface area contributed by atoms with Crippen LogP contribution >= 0.6 is 11.8 Å². The van der Waals surface area contributed by atoms with Crippen LogP contribution in [0.3, 0.4) is 0 Å². The van der Waals surface area contributed by atoms with Gasteiger partial charge in [0.2, 0.25) is 0 Å². The van der Waals surface area contributed by atoms with E-state index in [-0.39, 0.29) is 6.10 Å². The van der Waals surface area contributed by atoms with Crippen molar-refractivity contribution in [2.45, 2.75) is 24.8 Å². The zero-order valence-corrected chi connectivity index (χ0v) is 8.15. The number of rotatable bonds is 0. The quantitative estimate of drug-likeness (QED) is 0.606. The number of thioether (sulfide) groups is 1. The highest BCUT2D eigenvalue weighted by Gasteiger charge is 2.16. The molecule has 1 unspecified atom stereocenters. The summed E-state index contributed by atoms with van der Waals surface area (Å²) in [5, 5.41) is 0. The van der Waals surface area contributed by atoms with Crippen LogP contribution in [0.5, 0.6) is 0 Å². The largest absolute Gasteiger partial charge is 0.363 e. The fourth-order valence-electron chi connectivity index (χ4n) is 1.41. The van der Waals surface area contributed by atoms with E-state index < -0.39 is 0 Å². The molecule has 0 saturated carbocycles. The maximum Gasteiger partial charge on any atom is 0.0975 e. The lowest BCUT2D eigenvalue weighted by molar-refractivity contribution is 0.0989. The summed E-state index contributed by atoms with van der Waals surface area (Å²) in [6.07, 6.45) is 0.265. The molecule has 1 aromatic rings. The maximum absolute atomic E-state index is 5.52. The Morgan fingerprint density at radius 1 is 1.50 bits per heavy atom. The SMILES string of the molecule is Cc1ccc2c(c1)C(C)OCS2. The van der Waals surface area contributed by atoms with E-state index >= 15 is 0 Å². The van der Waals surface area contributed by atoms with Crippen LogP contribution < -0.4 is 0 Å². The molecule has 0 fully saturated rings. The van der Waals surface area contributed by atoms with Crippen molar-refractivity contribution in [1.82, 2.24) is 0 Å². The Hall–Kier alpha value is -0.470. The van der Waals surface area contributed by atoms with Crippen molar-refractivity contribution in [3.05, 3.63) is 29.3 Å².